The van der Waals surface area contributed by atoms with Crippen LogP contribution in [0.3, 0.4) is 0 Å². The fraction of sp³-hybridized carbons (Fsp3) is 0.250. The largest absolute Gasteiger partial charge is 0.465 e. The lowest BCUT2D eigenvalue weighted by atomic mass is 10.2. The standard InChI is InChI=1S/C16H18N4O3/c1-10(2)15(21)18-14-9-8-13(19-20-14)17-12-7-5-4-6-11(12)16(22)23-3/h4-10H,1-3H3,(H,17,19)(H,18,20,21). The van der Waals surface area contributed by atoms with E-state index in [-0.39, 0.29) is 11.8 Å². The molecule has 7 heteroatoms. The third kappa shape index (κ3) is 4.26. The Hall–Kier alpha value is -2.96. The molecule has 0 saturated carbocycles. The molecule has 0 unspecified atom stereocenters. The van der Waals surface area contributed by atoms with E-state index in [4.69, 9.17) is 4.74 Å². The Bertz CT molecular complexity index is 699. The minimum absolute atomic E-state index is 0.129. The van der Waals surface area contributed by atoms with Crippen molar-refractivity contribution in [2.75, 3.05) is 17.7 Å². The second kappa shape index (κ2) is 7.35. The van der Waals surface area contributed by atoms with Crippen LogP contribution in [0.5, 0.6) is 0 Å². The van der Waals surface area contributed by atoms with E-state index in [1.165, 1.54) is 7.11 Å². The highest BCUT2D eigenvalue weighted by Gasteiger charge is 2.12. The lowest BCUT2D eigenvalue weighted by molar-refractivity contribution is -0.118. The Labute approximate surface area is 134 Å². The normalized spacial score (nSPS) is 10.3. The first-order chi connectivity index (χ1) is 11.0. The number of hydrogen-bond donors (Lipinski definition) is 2. The first-order valence-electron chi connectivity index (χ1n) is 7.10. The number of ether oxygens (including phenoxy) is 1. The van der Waals surface area contributed by atoms with Gasteiger partial charge in [0, 0.05) is 5.92 Å². The molecule has 1 aromatic heterocycles. The molecule has 0 aliphatic rings. The van der Waals surface area contributed by atoms with Crippen molar-refractivity contribution in [3.8, 4) is 0 Å². The number of hydrogen-bond acceptors (Lipinski definition) is 6. The third-order valence-corrected chi connectivity index (χ3v) is 3.04. The van der Waals surface area contributed by atoms with Crippen molar-refractivity contribution < 1.29 is 14.3 Å². The van der Waals surface area contributed by atoms with E-state index in [1.807, 2.05) is 0 Å². The number of methoxy groups -OCH3 is 1. The number of esters is 1. The molecule has 0 spiro atoms. The maximum Gasteiger partial charge on any atom is 0.339 e. The SMILES string of the molecule is COC(=O)c1ccccc1Nc1ccc(NC(=O)C(C)C)nn1. The van der Waals surface area contributed by atoms with Crippen LogP contribution in [0.2, 0.25) is 0 Å². The van der Waals surface area contributed by atoms with E-state index in [0.29, 0.717) is 22.9 Å². The zero-order valence-electron chi connectivity index (χ0n) is 13.2. The highest BCUT2D eigenvalue weighted by molar-refractivity contribution is 5.96. The van der Waals surface area contributed by atoms with Crippen molar-refractivity contribution in [3.63, 3.8) is 0 Å². The van der Waals surface area contributed by atoms with Crippen molar-refractivity contribution in [3.05, 3.63) is 42.0 Å². The van der Waals surface area contributed by atoms with Crippen LogP contribution in [0.15, 0.2) is 36.4 Å². The second-order valence-electron chi connectivity index (χ2n) is 5.11. The maximum atomic E-state index is 11.7. The molecule has 0 radical (unpaired) electrons. The summed E-state index contributed by atoms with van der Waals surface area (Å²) in [7, 11) is 1.32. The van der Waals surface area contributed by atoms with Gasteiger partial charge in [0.2, 0.25) is 5.91 Å². The molecule has 120 valence electrons. The Morgan fingerprint density at radius 1 is 1.04 bits per heavy atom. The summed E-state index contributed by atoms with van der Waals surface area (Å²) in [4.78, 5) is 23.3. The molecule has 23 heavy (non-hydrogen) atoms. The Morgan fingerprint density at radius 3 is 2.30 bits per heavy atom. The smallest absolute Gasteiger partial charge is 0.339 e. The van der Waals surface area contributed by atoms with Crippen LogP contribution in [-0.2, 0) is 9.53 Å². The van der Waals surface area contributed by atoms with Crippen LogP contribution < -0.4 is 10.6 Å². The molecular formula is C16H18N4O3. The van der Waals surface area contributed by atoms with Gasteiger partial charge in [0.1, 0.15) is 0 Å². The molecule has 0 saturated heterocycles. The topological polar surface area (TPSA) is 93.2 Å². The van der Waals surface area contributed by atoms with E-state index in [0.717, 1.165) is 0 Å². The van der Waals surface area contributed by atoms with Crippen molar-refractivity contribution in [1.82, 2.24) is 10.2 Å². The number of nitrogens with zero attached hydrogens (tertiary/aromatic N) is 2. The van der Waals surface area contributed by atoms with Crippen LogP contribution in [0.1, 0.15) is 24.2 Å². The van der Waals surface area contributed by atoms with Gasteiger partial charge in [-0.05, 0) is 24.3 Å². The Morgan fingerprint density at radius 2 is 1.70 bits per heavy atom. The van der Waals surface area contributed by atoms with Crippen LogP contribution in [-0.4, -0.2) is 29.2 Å². The van der Waals surface area contributed by atoms with Gasteiger partial charge < -0.3 is 15.4 Å². The monoisotopic (exact) mass is 314 g/mol. The first-order valence-corrected chi connectivity index (χ1v) is 7.10. The molecule has 0 bridgehead atoms. The predicted molar refractivity (Wildman–Crippen MR) is 86.6 cm³/mol. The summed E-state index contributed by atoms with van der Waals surface area (Å²) < 4.78 is 4.74. The minimum Gasteiger partial charge on any atom is -0.465 e. The number of amides is 1. The second-order valence-corrected chi connectivity index (χ2v) is 5.11. The fourth-order valence-corrected chi connectivity index (χ4v) is 1.75. The van der Waals surface area contributed by atoms with Crippen molar-refractivity contribution in [1.29, 1.82) is 0 Å². The van der Waals surface area contributed by atoms with Gasteiger partial charge in [0.05, 0.1) is 18.4 Å². The van der Waals surface area contributed by atoms with E-state index < -0.39 is 5.97 Å². The Balaban J connectivity index is 2.13. The summed E-state index contributed by atoms with van der Waals surface area (Å²) in [5.74, 6) is 0.110. The van der Waals surface area contributed by atoms with Crippen molar-refractivity contribution in [2.45, 2.75) is 13.8 Å². The summed E-state index contributed by atoms with van der Waals surface area (Å²) in [6.07, 6.45) is 0. The van der Waals surface area contributed by atoms with Gasteiger partial charge >= 0.3 is 5.97 Å². The van der Waals surface area contributed by atoms with E-state index in [1.54, 1.807) is 50.2 Å². The van der Waals surface area contributed by atoms with E-state index in [9.17, 15) is 9.59 Å². The van der Waals surface area contributed by atoms with E-state index in [2.05, 4.69) is 20.8 Å². The predicted octanol–water partition coefficient (Wildman–Crippen LogP) is 2.60. The molecule has 1 heterocycles. The average molecular weight is 314 g/mol. The summed E-state index contributed by atoms with van der Waals surface area (Å²) in [6, 6.07) is 10.2. The molecule has 2 rings (SSSR count). The summed E-state index contributed by atoms with van der Waals surface area (Å²) >= 11 is 0. The summed E-state index contributed by atoms with van der Waals surface area (Å²) in [6.45, 7) is 3.59. The molecule has 0 fully saturated rings. The van der Waals surface area contributed by atoms with Gasteiger partial charge in [-0.15, -0.1) is 10.2 Å². The van der Waals surface area contributed by atoms with Crippen LogP contribution in [0.25, 0.3) is 0 Å². The number of aromatic nitrogens is 2. The Kier molecular flexibility index (Phi) is 5.24. The fourth-order valence-electron chi connectivity index (χ4n) is 1.75. The molecule has 0 aliphatic carbocycles. The van der Waals surface area contributed by atoms with E-state index >= 15 is 0 Å². The zero-order valence-corrected chi connectivity index (χ0v) is 13.2. The quantitative estimate of drug-likeness (QED) is 0.824. The number of benzene rings is 1. The van der Waals surface area contributed by atoms with Gasteiger partial charge in [-0.1, -0.05) is 26.0 Å². The minimum atomic E-state index is -0.443. The molecule has 7 nitrogen and oxygen atoms in total. The summed E-state index contributed by atoms with van der Waals surface area (Å²) in [5.41, 5.74) is 0.960. The van der Waals surface area contributed by atoms with Crippen LogP contribution in [0.4, 0.5) is 17.3 Å². The summed E-state index contributed by atoms with van der Waals surface area (Å²) in [5, 5.41) is 13.6. The number of anilines is 3. The highest BCUT2D eigenvalue weighted by Crippen LogP contribution is 2.20. The van der Waals surface area contributed by atoms with Crippen molar-refractivity contribution >= 4 is 29.2 Å². The molecular weight excluding hydrogens is 296 g/mol. The maximum absolute atomic E-state index is 11.7. The van der Waals surface area contributed by atoms with Gasteiger partial charge in [-0.25, -0.2) is 4.79 Å². The zero-order chi connectivity index (χ0) is 16.8. The van der Waals surface area contributed by atoms with Crippen LogP contribution in [0, 0.1) is 5.92 Å². The molecule has 2 aromatic rings. The molecule has 1 amide bonds. The number of para-hydroxylation sites is 1. The van der Waals surface area contributed by atoms with Gasteiger partial charge in [0.15, 0.2) is 11.6 Å². The number of rotatable bonds is 5. The third-order valence-electron chi connectivity index (χ3n) is 3.04. The van der Waals surface area contributed by atoms with Gasteiger partial charge in [-0.2, -0.15) is 0 Å². The molecule has 2 N–H and O–H groups in total. The number of nitrogens with one attached hydrogen (secondary N) is 2. The first kappa shape index (κ1) is 16.4. The molecule has 1 aromatic carbocycles. The lowest BCUT2D eigenvalue weighted by Crippen LogP contribution is -2.18. The van der Waals surface area contributed by atoms with Crippen LogP contribution >= 0.6 is 0 Å². The lowest BCUT2D eigenvalue weighted by Gasteiger charge is -2.10. The molecule has 0 atom stereocenters. The van der Waals surface area contributed by atoms with Gasteiger partial charge in [-0.3, -0.25) is 4.79 Å². The number of carbonyl (C=O) groups excluding carboxylic acids is 2. The van der Waals surface area contributed by atoms with Crippen molar-refractivity contribution in [2.24, 2.45) is 5.92 Å². The molecule has 0 aliphatic heterocycles. The van der Waals surface area contributed by atoms with Gasteiger partial charge in [0.25, 0.3) is 0 Å². The highest BCUT2D eigenvalue weighted by atomic mass is 16.5. The number of carbonyl (C=O) groups is 2. The average Bonchev–Trinajstić information content (AvgIpc) is 2.56.